The molecule has 0 aliphatic heterocycles. The SMILES string of the molecule is CC#N.N#CC1CC(n2cc(-c3nc(-c4cnn(C5CCCCC5)n4)cn4nccc34)cn2)C1. The molecule has 0 spiro atoms. The van der Waals surface area contributed by atoms with E-state index in [9.17, 15) is 0 Å². The van der Waals surface area contributed by atoms with E-state index in [4.69, 9.17) is 20.6 Å². The van der Waals surface area contributed by atoms with Crippen LogP contribution in [0, 0.1) is 28.6 Å². The fourth-order valence-electron chi connectivity index (χ4n) is 4.71. The molecule has 6 rings (SSSR count). The van der Waals surface area contributed by atoms with Crippen molar-refractivity contribution < 1.29 is 0 Å². The molecule has 34 heavy (non-hydrogen) atoms. The smallest absolute Gasteiger partial charge is 0.133 e. The van der Waals surface area contributed by atoms with Crippen LogP contribution in [0.5, 0.6) is 0 Å². The largest absolute Gasteiger partial charge is 0.269 e. The second kappa shape index (κ2) is 9.44. The quantitative estimate of drug-likeness (QED) is 0.448. The lowest BCUT2D eigenvalue weighted by Crippen LogP contribution is -2.25. The van der Waals surface area contributed by atoms with E-state index >= 15 is 0 Å². The molecule has 0 amide bonds. The molecular formula is C24H26N10. The first-order chi connectivity index (χ1) is 16.7. The Kier molecular flexibility index (Phi) is 6.05. The summed E-state index contributed by atoms with van der Waals surface area (Å²) in [6.45, 7) is 1.43. The van der Waals surface area contributed by atoms with Crippen LogP contribution in [0.4, 0.5) is 0 Å². The molecule has 0 aromatic carbocycles. The summed E-state index contributed by atoms with van der Waals surface area (Å²) in [5.41, 5.74) is 4.19. The summed E-state index contributed by atoms with van der Waals surface area (Å²) >= 11 is 0. The Labute approximate surface area is 197 Å². The third-order valence-electron chi connectivity index (χ3n) is 6.61. The van der Waals surface area contributed by atoms with Gasteiger partial charge in [0.25, 0.3) is 0 Å². The molecule has 0 radical (unpaired) electrons. The van der Waals surface area contributed by atoms with Gasteiger partial charge >= 0.3 is 0 Å². The third-order valence-corrected chi connectivity index (χ3v) is 6.61. The zero-order chi connectivity index (χ0) is 23.5. The summed E-state index contributed by atoms with van der Waals surface area (Å²) in [6, 6.07) is 6.71. The standard InChI is InChI=1S/C22H23N9.C2H3N/c23-10-15-8-18(9-15)29-13-16(11-25-29)22-21-6-7-24-30(21)14-20(27-22)19-12-26-31(28-19)17-4-2-1-3-5-17;1-2-3/h6-7,11-15,17-18H,1-5,8-9H2;1H3. The summed E-state index contributed by atoms with van der Waals surface area (Å²) in [4.78, 5) is 6.80. The second-order valence-corrected chi connectivity index (χ2v) is 8.86. The summed E-state index contributed by atoms with van der Waals surface area (Å²) in [7, 11) is 0. The van der Waals surface area contributed by atoms with Gasteiger partial charge in [-0.1, -0.05) is 19.3 Å². The highest BCUT2D eigenvalue weighted by molar-refractivity contribution is 5.77. The average Bonchev–Trinajstić information content (AvgIpc) is 3.59. The lowest BCUT2D eigenvalue weighted by Gasteiger charge is -2.30. The second-order valence-electron chi connectivity index (χ2n) is 8.86. The first-order valence-electron chi connectivity index (χ1n) is 11.7. The van der Waals surface area contributed by atoms with Crippen LogP contribution in [0.1, 0.15) is 64.0 Å². The van der Waals surface area contributed by atoms with Gasteiger partial charge in [-0.15, -0.1) is 0 Å². The zero-order valence-corrected chi connectivity index (χ0v) is 19.1. The van der Waals surface area contributed by atoms with Crippen molar-refractivity contribution in [3.05, 3.63) is 37.1 Å². The molecular weight excluding hydrogens is 428 g/mol. The van der Waals surface area contributed by atoms with Gasteiger partial charge in [0.2, 0.25) is 0 Å². The number of hydrogen-bond acceptors (Lipinski definition) is 7. The number of rotatable bonds is 4. The van der Waals surface area contributed by atoms with Gasteiger partial charge in [-0.05, 0) is 31.7 Å². The fraction of sp³-hybridized carbons (Fsp3) is 0.458. The summed E-state index contributed by atoms with van der Waals surface area (Å²) < 4.78 is 3.80. The molecule has 2 saturated carbocycles. The van der Waals surface area contributed by atoms with Crippen molar-refractivity contribution in [1.29, 1.82) is 10.5 Å². The van der Waals surface area contributed by atoms with Crippen molar-refractivity contribution in [3.63, 3.8) is 0 Å². The van der Waals surface area contributed by atoms with E-state index in [2.05, 4.69) is 21.4 Å². The van der Waals surface area contributed by atoms with Crippen molar-refractivity contribution in [3.8, 4) is 34.8 Å². The fourth-order valence-corrected chi connectivity index (χ4v) is 4.71. The molecule has 0 saturated heterocycles. The Balaban J connectivity index is 0.000000764. The van der Waals surface area contributed by atoms with Crippen LogP contribution in [0.3, 0.4) is 0 Å². The number of hydrogen-bond donors (Lipinski definition) is 0. The summed E-state index contributed by atoms with van der Waals surface area (Å²) in [5.74, 6) is 0.146. The molecule has 0 atom stereocenters. The van der Waals surface area contributed by atoms with Gasteiger partial charge in [0.1, 0.15) is 11.4 Å². The molecule has 4 heterocycles. The van der Waals surface area contributed by atoms with Crippen LogP contribution in [0.2, 0.25) is 0 Å². The predicted molar refractivity (Wildman–Crippen MR) is 124 cm³/mol. The highest BCUT2D eigenvalue weighted by Crippen LogP contribution is 2.37. The topological polar surface area (TPSA) is 126 Å². The van der Waals surface area contributed by atoms with Gasteiger partial charge in [-0.2, -0.15) is 35.7 Å². The third kappa shape index (κ3) is 4.15. The van der Waals surface area contributed by atoms with E-state index in [0.29, 0.717) is 6.04 Å². The van der Waals surface area contributed by atoms with E-state index < -0.39 is 0 Å². The Morgan fingerprint density at radius 3 is 2.50 bits per heavy atom. The highest BCUT2D eigenvalue weighted by Gasteiger charge is 2.31. The Bertz CT molecular complexity index is 1350. The van der Waals surface area contributed by atoms with E-state index in [0.717, 1.165) is 53.8 Å². The molecule has 2 aliphatic rings. The molecule has 0 unspecified atom stereocenters. The van der Waals surface area contributed by atoms with Crippen LogP contribution >= 0.6 is 0 Å². The molecule has 0 N–H and O–H groups in total. The molecule has 2 fully saturated rings. The van der Waals surface area contributed by atoms with Gasteiger partial charge in [-0.3, -0.25) is 4.68 Å². The minimum Gasteiger partial charge on any atom is -0.269 e. The van der Waals surface area contributed by atoms with Crippen LogP contribution in [-0.2, 0) is 0 Å². The molecule has 2 aliphatic carbocycles. The minimum atomic E-state index is 0.146. The van der Waals surface area contributed by atoms with Crippen LogP contribution < -0.4 is 0 Å². The van der Waals surface area contributed by atoms with Crippen molar-refractivity contribution in [2.24, 2.45) is 5.92 Å². The highest BCUT2D eigenvalue weighted by atomic mass is 15.5. The lowest BCUT2D eigenvalue weighted by atomic mass is 9.81. The zero-order valence-electron chi connectivity index (χ0n) is 19.1. The Morgan fingerprint density at radius 2 is 1.74 bits per heavy atom. The van der Waals surface area contributed by atoms with Gasteiger partial charge < -0.3 is 0 Å². The van der Waals surface area contributed by atoms with Crippen molar-refractivity contribution >= 4 is 5.52 Å². The van der Waals surface area contributed by atoms with Crippen molar-refractivity contribution in [2.45, 2.75) is 64.0 Å². The van der Waals surface area contributed by atoms with Crippen LogP contribution in [-0.4, -0.2) is 39.4 Å². The predicted octanol–water partition coefficient (Wildman–Crippen LogP) is 4.36. The maximum Gasteiger partial charge on any atom is 0.133 e. The molecule has 10 heteroatoms. The summed E-state index contributed by atoms with van der Waals surface area (Å²) in [5, 5.41) is 34.6. The van der Waals surface area contributed by atoms with Gasteiger partial charge in [0, 0.05) is 18.7 Å². The molecule has 10 nitrogen and oxygen atoms in total. The summed E-state index contributed by atoms with van der Waals surface area (Å²) in [6.07, 6.45) is 17.1. The average molecular weight is 455 g/mol. The van der Waals surface area contributed by atoms with E-state index in [-0.39, 0.29) is 12.0 Å². The number of aromatic nitrogens is 8. The van der Waals surface area contributed by atoms with Crippen LogP contribution in [0.15, 0.2) is 37.1 Å². The monoisotopic (exact) mass is 454 g/mol. The first kappa shape index (κ1) is 21.8. The Hall–Kier alpha value is -4.05. The first-order valence-corrected chi connectivity index (χ1v) is 11.7. The molecule has 4 aromatic heterocycles. The molecule has 0 bridgehead atoms. The number of fused-ring (bicyclic) bond motifs is 1. The molecule has 4 aromatic rings. The van der Waals surface area contributed by atoms with Gasteiger partial charge in [0.15, 0.2) is 0 Å². The van der Waals surface area contributed by atoms with Crippen molar-refractivity contribution in [2.75, 3.05) is 0 Å². The van der Waals surface area contributed by atoms with Crippen LogP contribution in [0.25, 0.3) is 28.2 Å². The minimum absolute atomic E-state index is 0.146. The molecule has 172 valence electrons. The van der Waals surface area contributed by atoms with E-state index in [1.165, 1.54) is 26.2 Å². The van der Waals surface area contributed by atoms with Crippen molar-refractivity contribution in [1.82, 2.24) is 39.4 Å². The maximum atomic E-state index is 9.04. The normalized spacial score (nSPS) is 20.1. The number of nitrogens with zero attached hydrogens (tertiary/aromatic N) is 10. The van der Waals surface area contributed by atoms with Gasteiger partial charge in [-0.25, -0.2) is 9.50 Å². The number of nitriles is 2. The maximum absolute atomic E-state index is 9.04. The van der Waals surface area contributed by atoms with E-state index in [1.54, 1.807) is 18.5 Å². The van der Waals surface area contributed by atoms with Gasteiger partial charge in [0.05, 0.1) is 66.1 Å². The van der Waals surface area contributed by atoms with E-state index in [1.807, 2.05) is 38.7 Å². The Morgan fingerprint density at radius 1 is 0.941 bits per heavy atom. The lowest BCUT2D eigenvalue weighted by molar-refractivity contribution is 0.230.